The Morgan fingerprint density at radius 2 is 0.679 bits per heavy atom. The number of benzene rings is 4. The summed E-state index contributed by atoms with van der Waals surface area (Å²) in [6.07, 6.45) is 26.0. The topological polar surface area (TPSA) is 114 Å². The molecule has 4 rings (SSSR count). The van der Waals surface area contributed by atoms with Crippen LogP contribution in [0.3, 0.4) is 0 Å². The molecule has 0 atom stereocenters. The van der Waals surface area contributed by atoms with Crippen molar-refractivity contribution < 1.29 is 25.9 Å². The van der Waals surface area contributed by atoms with Gasteiger partial charge in [0.25, 0.3) is 0 Å². The minimum absolute atomic E-state index is 0. The molecule has 0 spiro atoms. The molecule has 6 nitrogen and oxygen atoms in total. The number of hydrogen-bond donors (Lipinski definition) is 0. The molecule has 0 bridgehead atoms. The Morgan fingerprint density at radius 1 is 0.396 bits per heavy atom. The first kappa shape index (κ1) is 47.6. The van der Waals surface area contributed by atoms with Crippen molar-refractivity contribution in [1.29, 1.82) is 0 Å². The van der Waals surface area contributed by atoms with E-state index in [9.17, 15) is 25.9 Å². The van der Waals surface area contributed by atoms with Gasteiger partial charge in [0.2, 0.25) is 0 Å². The summed E-state index contributed by atoms with van der Waals surface area (Å²) < 4.78 is 69.7. The second-order valence-electron chi connectivity index (χ2n) is 14.3. The molecule has 288 valence electrons. The maximum Gasteiger partial charge on any atom is 2.00 e. The Balaban J connectivity index is 0.000000360. The number of fused-ring (bicyclic) bond motifs is 2. The average molecular weight is 791 g/mol. The Kier molecular flexibility index (Phi) is 23.7. The van der Waals surface area contributed by atoms with Crippen LogP contribution in [0, 0.1) is 0 Å². The van der Waals surface area contributed by atoms with Crippen LogP contribution in [0.2, 0.25) is 0 Å². The summed E-state index contributed by atoms with van der Waals surface area (Å²) in [4.78, 5) is -0.0979. The van der Waals surface area contributed by atoms with E-state index in [1.54, 1.807) is 12.1 Å². The molecular weight excluding hydrogens is 729 g/mol. The second kappa shape index (κ2) is 26.4. The van der Waals surface area contributed by atoms with Crippen LogP contribution in [-0.2, 0) is 33.1 Å². The van der Waals surface area contributed by atoms with Gasteiger partial charge in [0, 0.05) is 0 Å². The Labute approximate surface area is 351 Å². The Bertz CT molecular complexity index is 1700. The number of hydrogen-bond acceptors (Lipinski definition) is 6. The fourth-order valence-corrected chi connectivity index (χ4v) is 8.69. The molecule has 0 amide bonds. The van der Waals surface area contributed by atoms with E-state index < -0.39 is 20.2 Å². The largest absolute Gasteiger partial charge is 2.00 e. The van der Waals surface area contributed by atoms with Crippen molar-refractivity contribution in [3.8, 4) is 0 Å². The number of rotatable bonds is 24. The maximum absolute atomic E-state index is 11.6. The number of aryl methyl sites for hydroxylation is 2. The van der Waals surface area contributed by atoms with Gasteiger partial charge in [0.15, 0.2) is 0 Å². The monoisotopic (exact) mass is 790 g/mol. The van der Waals surface area contributed by atoms with Crippen LogP contribution in [0.4, 0.5) is 0 Å². The molecule has 0 saturated heterocycles. The van der Waals surface area contributed by atoms with E-state index >= 15 is 0 Å². The molecule has 0 heterocycles. The zero-order valence-corrected chi connectivity index (χ0v) is 36.3. The Hall–Kier alpha value is -1.52. The first-order valence-corrected chi connectivity index (χ1v) is 22.8. The minimum Gasteiger partial charge on any atom is -0.744 e. The van der Waals surface area contributed by atoms with E-state index in [1.807, 2.05) is 48.5 Å². The van der Waals surface area contributed by atoms with E-state index in [4.69, 9.17) is 0 Å². The zero-order chi connectivity index (χ0) is 37.7. The smallest absolute Gasteiger partial charge is 0.744 e. The normalized spacial score (nSPS) is 11.7. The minimum atomic E-state index is -4.44. The van der Waals surface area contributed by atoms with Crippen molar-refractivity contribution in [2.45, 2.75) is 165 Å². The molecule has 9 heteroatoms. The van der Waals surface area contributed by atoms with Crippen molar-refractivity contribution in [3.05, 3.63) is 83.9 Å². The summed E-state index contributed by atoms with van der Waals surface area (Å²) in [5.74, 6) is 0. The SMILES string of the molecule is CCCCCCCCCCCCc1c(S(=O)(=O)[O-])ccc2ccccc12.CCCCCCCCCCCCc1c(S(=O)(=O)[O-])ccc2ccccc12.[Ca+2]. The third kappa shape index (κ3) is 17.4. The second-order valence-corrected chi connectivity index (χ2v) is 17.0. The summed E-state index contributed by atoms with van der Waals surface area (Å²) >= 11 is 0. The summed E-state index contributed by atoms with van der Waals surface area (Å²) in [6, 6.07) is 21.8. The van der Waals surface area contributed by atoms with E-state index in [0.29, 0.717) is 24.0 Å². The van der Waals surface area contributed by atoms with Crippen LogP contribution in [0.1, 0.15) is 153 Å². The third-order valence-corrected chi connectivity index (χ3v) is 11.9. The van der Waals surface area contributed by atoms with Gasteiger partial charge in [-0.1, -0.05) is 190 Å². The van der Waals surface area contributed by atoms with E-state index in [-0.39, 0.29) is 47.5 Å². The Morgan fingerprint density at radius 3 is 0.981 bits per heavy atom. The predicted octanol–water partition coefficient (Wildman–Crippen LogP) is 12.0. The molecule has 0 aliphatic heterocycles. The standard InChI is InChI=1S/2C22H32O3S.Ca/c2*1-2-3-4-5-6-7-8-9-10-11-16-21-20-15-13-12-14-19(20)17-18-22(21)26(23,24)25;/h2*12-15,17-18H,2-11,16H2,1H3,(H,23,24,25);/q;;+2/p-2. The van der Waals surface area contributed by atoms with Gasteiger partial charge in [0.1, 0.15) is 20.2 Å². The van der Waals surface area contributed by atoms with Gasteiger partial charge in [-0.25, -0.2) is 16.8 Å². The fourth-order valence-electron chi connectivity index (χ4n) is 7.19. The molecule has 0 aromatic heterocycles. The zero-order valence-electron chi connectivity index (χ0n) is 32.5. The van der Waals surface area contributed by atoms with Crippen LogP contribution >= 0.6 is 0 Å². The molecule has 0 unspecified atom stereocenters. The average Bonchev–Trinajstić information content (AvgIpc) is 3.12. The van der Waals surface area contributed by atoms with Crippen molar-refractivity contribution in [2.75, 3.05) is 0 Å². The summed E-state index contributed by atoms with van der Waals surface area (Å²) in [7, 11) is -8.87. The van der Waals surface area contributed by atoms with Crippen LogP contribution in [-0.4, -0.2) is 63.7 Å². The molecule has 4 aromatic carbocycles. The van der Waals surface area contributed by atoms with E-state index in [0.717, 1.165) is 47.2 Å². The fraction of sp³-hybridized carbons (Fsp3) is 0.545. The molecule has 53 heavy (non-hydrogen) atoms. The predicted molar refractivity (Wildman–Crippen MR) is 221 cm³/mol. The summed E-state index contributed by atoms with van der Waals surface area (Å²) in [5.41, 5.74) is 1.38. The maximum atomic E-state index is 11.6. The van der Waals surface area contributed by atoms with Crippen molar-refractivity contribution >= 4 is 79.5 Å². The van der Waals surface area contributed by atoms with Gasteiger partial charge in [-0.15, -0.1) is 0 Å². The first-order valence-electron chi connectivity index (χ1n) is 20.0. The van der Waals surface area contributed by atoms with Crippen molar-refractivity contribution in [1.82, 2.24) is 0 Å². The van der Waals surface area contributed by atoms with Gasteiger partial charge in [-0.05, 0) is 70.5 Å². The molecule has 0 saturated carbocycles. The molecule has 0 N–H and O–H groups in total. The van der Waals surface area contributed by atoms with Gasteiger partial charge in [-0.2, -0.15) is 0 Å². The molecular formula is C44H62CaO6S2. The van der Waals surface area contributed by atoms with Gasteiger partial charge < -0.3 is 9.11 Å². The first-order chi connectivity index (χ1) is 25.1. The molecule has 0 aliphatic carbocycles. The molecule has 4 aromatic rings. The summed E-state index contributed by atoms with van der Waals surface area (Å²) in [6.45, 7) is 4.47. The van der Waals surface area contributed by atoms with Gasteiger partial charge in [0.05, 0.1) is 9.79 Å². The van der Waals surface area contributed by atoms with Crippen LogP contribution < -0.4 is 0 Å². The quantitative estimate of drug-likeness (QED) is 0.0396. The van der Waals surface area contributed by atoms with Gasteiger partial charge in [-0.3, -0.25) is 0 Å². The van der Waals surface area contributed by atoms with Crippen molar-refractivity contribution in [3.63, 3.8) is 0 Å². The van der Waals surface area contributed by atoms with E-state index in [2.05, 4.69) is 13.8 Å². The van der Waals surface area contributed by atoms with Crippen LogP contribution in [0.5, 0.6) is 0 Å². The van der Waals surface area contributed by atoms with Crippen LogP contribution in [0.25, 0.3) is 21.5 Å². The summed E-state index contributed by atoms with van der Waals surface area (Å²) in [5, 5.41) is 3.75. The van der Waals surface area contributed by atoms with E-state index in [1.165, 1.54) is 115 Å². The number of unbranched alkanes of at least 4 members (excludes halogenated alkanes) is 18. The van der Waals surface area contributed by atoms with Crippen molar-refractivity contribution in [2.24, 2.45) is 0 Å². The molecule has 0 radical (unpaired) electrons. The van der Waals surface area contributed by atoms with Crippen LogP contribution in [0.15, 0.2) is 82.6 Å². The molecule has 0 fully saturated rings. The third-order valence-electron chi connectivity index (χ3n) is 10.1. The van der Waals surface area contributed by atoms with Gasteiger partial charge >= 0.3 is 37.7 Å². The molecule has 0 aliphatic rings.